The van der Waals surface area contributed by atoms with E-state index in [0.717, 1.165) is 13.2 Å². The first-order chi connectivity index (χ1) is 6.86. The minimum atomic E-state index is 0.492. The first-order valence-electron chi connectivity index (χ1n) is 6.21. The zero-order valence-corrected chi connectivity index (χ0v) is 9.72. The molecule has 1 N–H and O–H groups in total. The highest BCUT2D eigenvalue weighted by Gasteiger charge is 2.16. The first-order valence-corrected chi connectivity index (χ1v) is 6.21. The summed E-state index contributed by atoms with van der Waals surface area (Å²) in [5.41, 5.74) is 0. The third kappa shape index (κ3) is 4.43. The minimum absolute atomic E-state index is 0.492. The van der Waals surface area contributed by atoms with Gasteiger partial charge in [0.1, 0.15) is 0 Å². The van der Waals surface area contributed by atoms with E-state index < -0.39 is 0 Å². The Morgan fingerprint density at radius 1 is 1.29 bits per heavy atom. The highest BCUT2D eigenvalue weighted by atomic mass is 16.5. The van der Waals surface area contributed by atoms with Gasteiger partial charge in [0, 0.05) is 19.2 Å². The summed E-state index contributed by atoms with van der Waals surface area (Å²) in [6.07, 6.45) is 8.16. The molecule has 0 aromatic rings. The Bertz CT molecular complexity index is 126. The topological polar surface area (TPSA) is 21.3 Å². The molecule has 0 unspecified atom stereocenters. The summed E-state index contributed by atoms with van der Waals surface area (Å²) in [4.78, 5) is 0. The van der Waals surface area contributed by atoms with Gasteiger partial charge < -0.3 is 10.1 Å². The molecule has 1 fully saturated rings. The van der Waals surface area contributed by atoms with E-state index in [1.165, 1.54) is 38.5 Å². The van der Waals surface area contributed by atoms with Crippen LogP contribution in [0.2, 0.25) is 0 Å². The number of rotatable bonds is 7. The van der Waals surface area contributed by atoms with E-state index in [1.807, 2.05) is 0 Å². The Morgan fingerprint density at radius 2 is 2.00 bits per heavy atom. The molecule has 0 amide bonds. The monoisotopic (exact) mass is 199 g/mol. The third-order valence-electron chi connectivity index (χ3n) is 2.93. The molecule has 1 aliphatic heterocycles. The molecule has 1 atom stereocenters. The van der Waals surface area contributed by atoms with Crippen molar-refractivity contribution in [3.8, 4) is 0 Å². The lowest BCUT2D eigenvalue weighted by atomic mass is 10.1. The van der Waals surface area contributed by atoms with Crippen molar-refractivity contribution in [3.05, 3.63) is 0 Å². The largest absolute Gasteiger partial charge is 0.377 e. The molecular formula is C12H25NO. The molecular weight excluding hydrogens is 174 g/mol. The predicted molar refractivity (Wildman–Crippen MR) is 60.6 cm³/mol. The van der Waals surface area contributed by atoms with Crippen LogP contribution in [0.15, 0.2) is 0 Å². The number of hydrogen-bond donors (Lipinski definition) is 1. The van der Waals surface area contributed by atoms with E-state index in [4.69, 9.17) is 4.74 Å². The van der Waals surface area contributed by atoms with Gasteiger partial charge in [-0.05, 0) is 25.7 Å². The number of hydrogen-bond acceptors (Lipinski definition) is 2. The average molecular weight is 199 g/mol. The van der Waals surface area contributed by atoms with Crippen molar-refractivity contribution in [3.63, 3.8) is 0 Å². The predicted octanol–water partition coefficient (Wildman–Crippen LogP) is 2.72. The lowest BCUT2D eigenvalue weighted by molar-refractivity contribution is 0.106. The molecule has 1 aliphatic rings. The summed E-state index contributed by atoms with van der Waals surface area (Å²) in [5.74, 6) is 0. The third-order valence-corrected chi connectivity index (χ3v) is 2.93. The van der Waals surface area contributed by atoms with Gasteiger partial charge >= 0.3 is 0 Å². The van der Waals surface area contributed by atoms with Crippen molar-refractivity contribution in [2.75, 3.05) is 13.2 Å². The molecule has 0 aliphatic carbocycles. The van der Waals surface area contributed by atoms with Gasteiger partial charge in [0.15, 0.2) is 0 Å². The van der Waals surface area contributed by atoms with Crippen molar-refractivity contribution in [2.24, 2.45) is 0 Å². The maximum atomic E-state index is 5.60. The van der Waals surface area contributed by atoms with Gasteiger partial charge in [-0.15, -0.1) is 0 Å². The summed E-state index contributed by atoms with van der Waals surface area (Å²) >= 11 is 0. The van der Waals surface area contributed by atoms with E-state index in [9.17, 15) is 0 Å². The molecule has 1 rings (SSSR count). The Kier molecular flexibility index (Phi) is 6.20. The van der Waals surface area contributed by atoms with Crippen LogP contribution in [0.5, 0.6) is 0 Å². The summed E-state index contributed by atoms with van der Waals surface area (Å²) in [6, 6.07) is 0.717. The standard InChI is InChI=1S/C12H25NO/c1-3-6-11(7-4-2)13-10-12-8-5-9-14-12/h11-13H,3-10H2,1-2H3/t12-/m1/s1. The fourth-order valence-electron chi connectivity index (χ4n) is 2.15. The highest BCUT2D eigenvalue weighted by molar-refractivity contribution is 4.72. The Labute approximate surface area is 88.4 Å². The van der Waals surface area contributed by atoms with Crippen LogP contribution in [-0.4, -0.2) is 25.3 Å². The molecule has 14 heavy (non-hydrogen) atoms. The van der Waals surface area contributed by atoms with Crippen LogP contribution in [0.4, 0.5) is 0 Å². The molecule has 0 spiro atoms. The smallest absolute Gasteiger partial charge is 0.0700 e. The maximum absolute atomic E-state index is 5.60. The van der Waals surface area contributed by atoms with E-state index in [0.29, 0.717) is 12.1 Å². The molecule has 0 radical (unpaired) electrons. The van der Waals surface area contributed by atoms with Gasteiger partial charge in [-0.2, -0.15) is 0 Å². The van der Waals surface area contributed by atoms with E-state index in [1.54, 1.807) is 0 Å². The zero-order chi connectivity index (χ0) is 10.2. The number of ether oxygens (including phenoxy) is 1. The van der Waals surface area contributed by atoms with Crippen molar-refractivity contribution < 1.29 is 4.74 Å². The van der Waals surface area contributed by atoms with Crippen LogP contribution in [0.1, 0.15) is 52.4 Å². The van der Waals surface area contributed by atoms with E-state index in [2.05, 4.69) is 19.2 Å². The SMILES string of the molecule is CCCC(CCC)NC[C@H]1CCCO1. The second-order valence-electron chi connectivity index (χ2n) is 4.32. The summed E-state index contributed by atoms with van der Waals surface area (Å²) in [6.45, 7) is 6.55. The molecule has 1 heterocycles. The first kappa shape index (κ1) is 12.0. The number of nitrogens with one attached hydrogen (secondary N) is 1. The molecule has 0 aromatic heterocycles. The van der Waals surface area contributed by atoms with Crippen molar-refractivity contribution >= 4 is 0 Å². The normalized spacial score (nSPS) is 22.1. The van der Waals surface area contributed by atoms with Crippen LogP contribution in [-0.2, 0) is 4.74 Å². The van der Waals surface area contributed by atoms with Crippen LogP contribution in [0.3, 0.4) is 0 Å². The lowest BCUT2D eigenvalue weighted by Gasteiger charge is -2.19. The average Bonchev–Trinajstić information content (AvgIpc) is 2.67. The maximum Gasteiger partial charge on any atom is 0.0700 e. The molecule has 84 valence electrons. The second kappa shape index (κ2) is 7.24. The fourth-order valence-corrected chi connectivity index (χ4v) is 2.15. The van der Waals surface area contributed by atoms with Crippen LogP contribution >= 0.6 is 0 Å². The Balaban J connectivity index is 2.10. The lowest BCUT2D eigenvalue weighted by Crippen LogP contribution is -2.35. The summed E-state index contributed by atoms with van der Waals surface area (Å²) in [5, 5.41) is 3.64. The van der Waals surface area contributed by atoms with Crippen LogP contribution < -0.4 is 5.32 Å². The van der Waals surface area contributed by atoms with Crippen molar-refractivity contribution in [1.29, 1.82) is 0 Å². The van der Waals surface area contributed by atoms with Gasteiger partial charge in [0.2, 0.25) is 0 Å². The molecule has 0 saturated carbocycles. The van der Waals surface area contributed by atoms with Gasteiger partial charge in [-0.1, -0.05) is 26.7 Å². The van der Waals surface area contributed by atoms with Gasteiger partial charge in [-0.25, -0.2) is 0 Å². The summed E-state index contributed by atoms with van der Waals surface area (Å²) < 4.78 is 5.60. The Morgan fingerprint density at radius 3 is 2.50 bits per heavy atom. The van der Waals surface area contributed by atoms with Crippen molar-refractivity contribution in [1.82, 2.24) is 5.32 Å². The van der Waals surface area contributed by atoms with Gasteiger partial charge in [0.25, 0.3) is 0 Å². The zero-order valence-electron chi connectivity index (χ0n) is 9.72. The fraction of sp³-hybridized carbons (Fsp3) is 1.00. The van der Waals surface area contributed by atoms with Crippen molar-refractivity contribution in [2.45, 2.75) is 64.5 Å². The van der Waals surface area contributed by atoms with Gasteiger partial charge in [-0.3, -0.25) is 0 Å². The summed E-state index contributed by atoms with van der Waals surface area (Å²) in [7, 11) is 0. The molecule has 0 bridgehead atoms. The van der Waals surface area contributed by atoms with E-state index in [-0.39, 0.29) is 0 Å². The van der Waals surface area contributed by atoms with Gasteiger partial charge in [0.05, 0.1) is 6.10 Å². The Hall–Kier alpha value is -0.0800. The minimum Gasteiger partial charge on any atom is -0.377 e. The quantitative estimate of drug-likeness (QED) is 0.680. The van der Waals surface area contributed by atoms with E-state index >= 15 is 0 Å². The molecule has 2 nitrogen and oxygen atoms in total. The second-order valence-corrected chi connectivity index (χ2v) is 4.32. The highest BCUT2D eigenvalue weighted by Crippen LogP contribution is 2.12. The molecule has 2 heteroatoms. The van der Waals surface area contributed by atoms with Crippen LogP contribution in [0.25, 0.3) is 0 Å². The molecule has 0 aromatic carbocycles. The molecule has 1 saturated heterocycles. The van der Waals surface area contributed by atoms with Crippen LogP contribution in [0, 0.1) is 0 Å².